The summed E-state index contributed by atoms with van der Waals surface area (Å²) in [5.41, 5.74) is 2.61. The molecule has 0 saturated heterocycles. The van der Waals surface area contributed by atoms with Gasteiger partial charge in [0.15, 0.2) is 0 Å². The van der Waals surface area contributed by atoms with E-state index in [1.165, 1.54) is 11.3 Å². The zero-order chi connectivity index (χ0) is 9.40. The molecule has 0 spiro atoms. The summed E-state index contributed by atoms with van der Waals surface area (Å²) in [5.74, 6) is 0. The second kappa shape index (κ2) is 6.71. The van der Waals surface area contributed by atoms with Crippen molar-refractivity contribution in [2.75, 3.05) is 6.54 Å². The van der Waals surface area contributed by atoms with Crippen molar-refractivity contribution in [3.8, 4) is 0 Å². The molecule has 0 saturated carbocycles. The average Bonchev–Trinajstić information content (AvgIpc) is 2.11. The van der Waals surface area contributed by atoms with Crippen LogP contribution in [0.1, 0.15) is 27.2 Å². The van der Waals surface area contributed by atoms with Crippen LogP contribution in [-0.2, 0) is 0 Å². The fraction of sp³-hybridized carbons (Fsp3) is 0.455. The standard InChI is InChI=1S/C11H19N/c1-5-8-9-11(12-7-3)10(4)6-2/h5,8-9,12H,1,6-7H2,2-4H3/b9-8-,11-10-. The summed E-state index contributed by atoms with van der Waals surface area (Å²) in [7, 11) is 0. The number of nitrogens with one attached hydrogen (secondary N) is 1. The van der Waals surface area contributed by atoms with E-state index in [4.69, 9.17) is 0 Å². The molecule has 68 valence electrons. The molecule has 0 atom stereocenters. The van der Waals surface area contributed by atoms with Crippen LogP contribution in [0.15, 0.2) is 36.1 Å². The lowest BCUT2D eigenvalue weighted by molar-refractivity contribution is 0.850. The van der Waals surface area contributed by atoms with Crippen molar-refractivity contribution in [3.05, 3.63) is 36.1 Å². The Kier molecular flexibility index (Phi) is 6.16. The summed E-state index contributed by atoms with van der Waals surface area (Å²) in [6, 6.07) is 0. The molecule has 1 N–H and O–H groups in total. The third-order valence-electron chi connectivity index (χ3n) is 1.76. The van der Waals surface area contributed by atoms with Crippen molar-refractivity contribution >= 4 is 0 Å². The maximum Gasteiger partial charge on any atom is 0.0329 e. The van der Waals surface area contributed by atoms with Crippen molar-refractivity contribution in [3.63, 3.8) is 0 Å². The van der Waals surface area contributed by atoms with Crippen LogP contribution in [0.4, 0.5) is 0 Å². The van der Waals surface area contributed by atoms with Gasteiger partial charge in [0.05, 0.1) is 0 Å². The molecule has 12 heavy (non-hydrogen) atoms. The SMILES string of the molecule is C=C/C=C\C(NCC)=C(/C)CC. The fourth-order valence-electron chi connectivity index (χ4n) is 0.897. The van der Waals surface area contributed by atoms with Crippen molar-refractivity contribution in [1.29, 1.82) is 0 Å². The number of hydrogen-bond donors (Lipinski definition) is 1. The largest absolute Gasteiger partial charge is 0.385 e. The minimum Gasteiger partial charge on any atom is -0.385 e. The molecule has 0 radical (unpaired) electrons. The highest BCUT2D eigenvalue weighted by atomic mass is 14.9. The summed E-state index contributed by atoms with van der Waals surface area (Å²) in [5, 5.41) is 3.31. The predicted octanol–water partition coefficient (Wildman–Crippen LogP) is 3.02. The number of rotatable bonds is 5. The van der Waals surface area contributed by atoms with Gasteiger partial charge in [-0.3, -0.25) is 0 Å². The Bertz CT molecular complexity index is 187. The number of allylic oxidation sites excluding steroid dienone is 4. The van der Waals surface area contributed by atoms with Crippen LogP contribution in [0.5, 0.6) is 0 Å². The third kappa shape index (κ3) is 4.02. The zero-order valence-electron chi connectivity index (χ0n) is 8.35. The third-order valence-corrected chi connectivity index (χ3v) is 1.76. The van der Waals surface area contributed by atoms with Crippen molar-refractivity contribution in [2.45, 2.75) is 27.2 Å². The molecule has 0 unspecified atom stereocenters. The van der Waals surface area contributed by atoms with Crippen LogP contribution < -0.4 is 5.32 Å². The Balaban J connectivity index is 4.41. The zero-order valence-corrected chi connectivity index (χ0v) is 8.35. The van der Waals surface area contributed by atoms with Gasteiger partial charge in [0.25, 0.3) is 0 Å². The summed E-state index contributed by atoms with van der Waals surface area (Å²) >= 11 is 0. The smallest absolute Gasteiger partial charge is 0.0329 e. The highest BCUT2D eigenvalue weighted by molar-refractivity contribution is 5.24. The minimum atomic E-state index is 0.966. The lowest BCUT2D eigenvalue weighted by atomic mass is 10.1. The fourth-order valence-corrected chi connectivity index (χ4v) is 0.897. The van der Waals surface area contributed by atoms with Gasteiger partial charge in [0, 0.05) is 12.2 Å². The van der Waals surface area contributed by atoms with Gasteiger partial charge < -0.3 is 5.32 Å². The molecule has 0 aromatic carbocycles. The van der Waals surface area contributed by atoms with Gasteiger partial charge in [-0.25, -0.2) is 0 Å². The van der Waals surface area contributed by atoms with Gasteiger partial charge in [-0.2, -0.15) is 0 Å². The molecule has 0 amide bonds. The first-order valence-electron chi connectivity index (χ1n) is 4.48. The van der Waals surface area contributed by atoms with Crippen LogP contribution >= 0.6 is 0 Å². The topological polar surface area (TPSA) is 12.0 Å². The Morgan fingerprint density at radius 3 is 2.50 bits per heavy atom. The van der Waals surface area contributed by atoms with Gasteiger partial charge >= 0.3 is 0 Å². The van der Waals surface area contributed by atoms with Gasteiger partial charge in [-0.05, 0) is 26.3 Å². The molecular weight excluding hydrogens is 146 g/mol. The average molecular weight is 165 g/mol. The first-order valence-corrected chi connectivity index (χ1v) is 4.48. The molecule has 0 aliphatic carbocycles. The van der Waals surface area contributed by atoms with Gasteiger partial charge in [0.2, 0.25) is 0 Å². The molecule has 0 aliphatic heterocycles. The van der Waals surface area contributed by atoms with E-state index in [0.717, 1.165) is 13.0 Å². The molecule has 0 bridgehead atoms. The van der Waals surface area contributed by atoms with Gasteiger partial charge in [-0.15, -0.1) is 0 Å². The van der Waals surface area contributed by atoms with Gasteiger partial charge in [-0.1, -0.05) is 31.2 Å². The first-order chi connectivity index (χ1) is 5.76. The van der Waals surface area contributed by atoms with Crippen molar-refractivity contribution in [2.24, 2.45) is 0 Å². The quantitative estimate of drug-likeness (QED) is 0.617. The summed E-state index contributed by atoms with van der Waals surface area (Å²) in [4.78, 5) is 0. The van der Waals surface area contributed by atoms with Crippen LogP contribution in [-0.4, -0.2) is 6.54 Å². The Morgan fingerprint density at radius 2 is 2.08 bits per heavy atom. The molecule has 0 heterocycles. The maximum absolute atomic E-state index is 3.64. The van der Waals surface area contributed by atoms with E-state index < -0.39 is 0 Å². The Morgan fingerprint density at radius 1 is 1.42 bits per heavy atom. The van der Waals surface area contributed by atoms with Crippen LogP contribution in [0.3, 0.4) is 0 Å². The van der Waals surface area contributed by atoms with E-state index in [9.17, 15) is 0 Å². The Hall–Kier alpha value is -0.980. The van der Waals surface area contributed by atoms with E-state index in [0.29, 0.717) is 0 Å². The van der Waals surface area contributed by atoms with Crippen molar-refractivity contribution < 1.29 is 0 Å². The van der Waals surface area contributed by atoms with E-state index in [-0.39, 0.29) is 0 Å². The van der Waals surface area contributed by atoms with E-state index in [2.05, 4.69) is 38.7 Å². The highest BCUT2D eigenvalue weighted by Gasteiger charge is 1.93. The van der Waals surface area contributed by atoms with E-state index >= 15 is 0 Å². The van der Waals surface area contributed by atoms with Crippen LogP contribution in [0.2, 0.25) is 0 Å². The van der Waals surface area contributed by atoms with Crippen LogP contribution in [0.25, 0.3) is 0 Å². The molecular formula is C11H19N. The highest BCUT2D eigenvalue weighted by Crippen LogP contribution is 2.06. The van der Waals surface area contributed by atoms with Gasteiger partial charge in [0.1, 0.15) is 0 Å². The van der Waals surface area contributed by atoms with E-state index in [1.807, 2.05) is 6.08 Å². The maximum atomic E-state index is 3.64. The van der Waals surface area contributed by atoms with Crippen molar-refractivity contribution in [1.82, 2.24) is 5.32 Å². The molecule has 0 fully saturated rings. The Labute approximate surface area is 75.9 Å². The lowest BCUT2D eigenvalue weighted by Crippen LogP contribution is -2.11. The first kappa shape index (κ1) is 11.0. The predicted molar refractivity (Wildman–Crippen MR) is 56.0 cm³/mol. The molecule has 0 aromatic heterocycles. The summed E-state index contributed by atoms with van der Waals surface area (Å²) < 4.78 is 0. The summed E-state index contributed by atoms with van der Waals surface area (Å²) in [6.07, 6.45) is 6.90. The molecule has 1 nitrogen and oxygen atoms in total. The molecule has 1 heteroatoms. The normalized spacial score (nSPS) is 12.9. The second-order valence-corrected chi connectivity index (χ2v) is 2.67. The number of likely N-dealkylation sites (N-methyl/N-ethyl adjacent to an activating group) is 1. The molecule has 0 rings (SSSR count). The number of hydrogen-bond acceptors (Lipinski definition) is 1. The molecule has 0 aliphatic rings. The molecule has 0 aromatic rings. The lowest BCUT2D eigenvalue weighted by Gasteiger charge is -2.07. The van der Waals surface area contributed by atoms with E-state index in [1.54, 1.807) is 6.08 Å². The second-order valence-electron chi connectivity index (χ2n) is 2.67. The van der Waals surface area contributed by atoms with Crippen LogP contribution in [0, 0.1) is 0 Å². The monoisotopic (exact) mass is 165 g/mol. The summed E-state index contributed by atoms with van der Waals surface area (Å²) in [6.45, 7) is 11.0. The minimum absolute atomic E-state index is 0.966.